The Morgan fingerprint density at radius 2 is 1.70 bits per heavy atom. The molecule has 168 valence electrons. The van der Waals surface area contributed by atoms with E-state index in [0.717, 1.165) is 50.5 Å². The van der Waals surface area contributed by atoms with E-state index in [2.05, 4.69) is 68.7 Å². The van der Waals surface area contributed by atoms with Crippen molar-refractivity contribution in [3.05, 3.63) is 113 Å². The van der Waals surface area contributed by atoms with Gasteiger partial charge in [0.2, 0.25) is 0 Å². The first kappa shape index (κ1) is 21.4. The lowest BCUT2D eigenvalue weighted by molar-refractivity contribution is 0.662. The molecule has 0 saturated carbocycles. The van der Waals surface area contributed by atoms with Gasteiger partial charge in [-0.25, -0.2) is 4.98 Å². The summed E-state index contributed by atoms with van der Waals surface area (Å²) >= 11 is 0. The summed E-state index contributed by atoms with van der Waals surface area (Å²) < 4.78 is 0. The van der Waals surface area contributed by atoms with E-state index in [-0.39, 0.29) is 0 Å². The van der Waals surface area contributed by atoms with Crippen molar-refractivity contribution in [1.82, 2.24) is 20.3 Å². The quantitative estimate of drug-likeness (QED) is 0.379. The number of aromatic nitrogens is 3. The second-order valence-corrected chi connectivity index (χ2v) is 8.77. The Hall–Kier alpha value is -3.44. The predicted octanol–water partition coefficient (Wildman–Crippen LogP) is 5.18. The van der Waals surface area contributed by atoms with Gasteiger partial charge in [0, 0.05) is 43.4 Å². The van der Waals surface area contributed by atoms with Crippen LogP contribution in [0, 0.1) is 0 Å². The van der Waals surface area contributed by atoms with E-state index in [1.165, 1.54) is 40.9 Å². The molecule has 5 heteroatoms. The van der Waals surface area contributed by atoms with Crippen molar-refractivity contribution in [2.75, 3.05) is 4.90 Å². The molecule has 0 radical (unpaired) electrons. The molecule has 3 heterocycles. The number of hydrogen-bond donors (Lipinski definition) is 2. The van der Waals surface area contributed by atoms with Crippen LogP contribution in [0.4, 0.5) is 5.82 Å². The Kier molecular flexibility index (Phi) is 6.78. The fraction of sp³-hybridized carbons (Fsp3) is 0.286. The second kappa shape index (κ2) is 10.5. The van der Waals surface area contributed by atoms with Crippen LogP contribution in [0.25, 0.3) is 0 Å². The van der Waals surface area contributed by atoms with Gasteiger partial charge in [0.1, 0.15) is 5.82 Å². The molecule has 5 rings (SSSR count). The molecule has 1 aliphatic rings. The van der Waals surface area contributed by atoms with Crippen LogP contribution in [0.15, 0.2) is 79.1 Å². The van der Waals surface area contributed by atoms with Crippen molar-refractivity contribution in [2.45, 2.75) is 51.9 Å². The molecule has 2 N–H and O–H groups in total. The molecule has 0 atom stereocenters. The molecule has 33 heavy (non-hydrogen) atoms. The van der Waals surface area contributed by atoms with Gasteiger partial charge >= 0.3 is 0 Å². The molecule has 0 amide bonds. The molecule has 3 aromatic heterocycles. The third-order valence-electron chi connectivity index (χ3n) is 6.27. The second-order valence-electron chi connectivity index (χ2n) is 8.77. The lowest BCUT2D eigenvalue weighted by atomic mass is 9.96. The summed E-state index contributed by atoms with van der Waals surface area (Å²) in [5.74, 6) is 1.06. The SMILES string of the molecule is c1ccc(CNCc2ccc(CN(Cc3ccc[nH]3)c3ccc4c(n3)CCCC4)cc2)nc1. The van der Waals surface area contributed by atoms with Gasteiger partial charge in [-0.1, -0.05) is 36.4 Å². The lowest BCUT2D eigenvalue weighted by Crippen LogP contribution is -2.24. The monoisotopic (exact) mass is 437 g/mol. The zero-order chi connectivity index (χ0) is 22.3. The predicted molar refractivity (Wildman–Crippen MR) is 133 cm³/mol. The zero-order valence-corrected chi connectivity index (χ0v) is 19.0. The van der Waals surface area contributed by atoms with E-state index in [4.69, 9.17) is 4.98 Å². The number of aryl methyl sites for hydroxylation is 2. The third-order valence-corrected chi connectivity index (χ3v) is 6.27. The van der Waals surface area contributed by atoms with Gasteiger partial charge in [0.25, 0.3) is 0 Å². The van der Waals surface area contributed by atoms with Crippen LogP contribution in [-0.2, 0) is 39.0 Å². The smallest absolute Gasteiger partial charge is 0.129 e. The Morgan fingerprint density at radius 1 is 0.818 bits per heavy atom. The maximum absolute atomic E-state index is 5.07. The number of nitrogens with zero attached hydrogens (tertiary/aromatic N) is 3. The molecule has 0 fully saturated rings. The first-order valence-electron chi connectivity index (χ1n) is 11.9. The first-order chi connectivity index (χ1) is 16.3. The highest BCUT2D eigenvalue weighted by Gasteiger charge is 2.15. The number of H-pyrrole nitrogens is 1. The number of hydrogen-bond acceptors (Lipinski definition) is 4. The number of pyridine rings is 2. The number of aromatic amines is 1. The van der Waals surface area contributed by atoms with Gasteiger partial charge in [0.05, 0.1) is 12.2 Å². The van der Waals surface area contributed by atoms with E-state index in [9.17, 15) is 0 Å². The van der Waals surface area contributed by atoms with Crippen molar-refractivity contribution in [2.24, 2.45) is 0 Å². The topological polar surface area (TPSA) is 56.8 Å². The highest BCUT2D eigenvalue weighted by atomic mass is 15.2. The lowest BCUT2D eigenvalue weighted by Gasteiger charge is -2.26. The Balaban J connectivity index is 1.26. The Labute approximate surface area is 195 Å². The van der Waals surface area contributed by atoms with Crippen molar-refractivity contribution < 1.29 is 0 Å². The molecule has 0 unspecified atom stereocenters. The summed E-state index contributed by atoms with van der Waals surface area (Å²) in [7, 11) is 0. The van der Waals surface area contributed by atoms with E-state index >= 15 is 0 Å². The van der Waals surface area contributed by atoms with Crippen LogP contribution in [0.2, 0.25) is 0 Å². The largest absolute Gasteiger partial charge is 0.364 e. The maximum Gasteiger partial charge on any atom is 0.129 e. The number of rotatable bonds is 9. The molecule has 1 aliphatic carbocycles. The number of anilines is 1. The van der Waals surface area contributed by atoms with Crippen LogP contribution in [0.5, 0.6) is 0 Å². The molecule has 0 saturated heterocycles. The highest BCUT2D eigenvalue weighted by molar-refractivity contribution is 5.44. The highest BCUT2D eigenvalue weighted by Crippen LogP contribution is 2.25. The van der Waals surface area contributed by atoms with Gasteiger partial charge in [-0.2, -0.15) is 0 Å². The van der Waals surface area contributed by atoms with Crippen molar-refractivity contribution >= 4 is 5.82 Å². The van der Waals surface area contributed by atoms with Gasteiger partial charge in [-0.3, -0.25) is 4.98 Å². The summed E-state index contributed by atoms with van der Waals surface area (Å²) in [5.41, 5.74) is 7.53. The van der Waals surface area contributed by atoms with Crippen molar-refractivity contribution in [3.63, 3.8) is 0 Å². The fourth-order valence-corrected chi connectivity index (χ4v) is 4.46. The van der Waals surface area contributed by atoms with Gasteiger partial charge < -0.3 is 15.2 Å². The molecule has 1 aromatic carbocycles. The van der Waals surface area contributed by atoms with E-state index in [1.807, 2.05) is 30.6 Å². The molecule has 0 bridgehead atoms. The third kappa shape index (κ3) is 5.68. The van der Waals surface area contributed by atoms with E-state index < -0.39 is 0 Å². The van der Waals surface area contributed by atoms with Gasteiger partial charge in [-0.15, -0.1) is 0 Å². The zero-order valence-electron chi connectivity index (χ0n) is 19.0. The minimum absolute atomic E-state index is 0.774. The molecular formula is C28H31N5. The number of fused-ring (bicyclic) bond motifs is 1. The van der Waals surface area contributed by atoms with E-state index in [1.54, 1.807) is 0 Å². The molecule has 0 aliphatic heterocycles. The van der Waals surface area contributed by atoms with Crippen LogP contribution < -0.4 is 10.2 Å². The van der Waals surface area contributed by atoms with Gasteiger partial charge in [0.15, 0.2) is 0 Å². The summed E-state index contributed by atoms with van der Waals surface area (Å²) in [6.07, 6.45) is 8.61. The van der Waals surface area contributed by atoms with Crippen LogP contribution >= 0.6 is 0 Å². The van der Waals surface area contributed by atoms with Crippen LogP contribution in [0.1, 0.15) is 46.6 Å². The maximum atomic E-state index is 5.07. The minimum atomic E-state index is 0.774. The summed E-state index contributed by atoms with van der Waals surface area (Å²) in [6.45, 7) is 3.24. The molecule has 4 aromatic rings. The van der Waals surface area contributed by atoms with Crippen molar-refractivity contribution in [3.8, 4) is 0 Å². The van der Waals surface area contributed by atoms with Crippen LogP contribution in [0.3, 0.4) is 0 Å². The standard InChI is InChI=1S/C28H31N5/c1-2-9-27-24(6-1)14-15-28(32-27)33(21-26-8-5-17-31-26)20-23-12-10-22(11-13-23)18-29-19-25-7-3-4-16-30-25/h3-5,7-8,10-17,29,31H,1-2,6,9,18-21H2. The fourth-order valence-electron chi connectivity index (χ4n) is 4.46. The Bertz CT molecular complexity index is 1140. The van der Waals surface area contributed by atoms with Gasteiger partial charge in [-0.05, 0) is 72.7 Å². The minimum Gasteiger partial charge on any atom is -0.364 e. The average Bonchev–Trinajstić information content (AvgIpc) is 3.38. The average molecular weight is 438 g/mol. The molecule has 5 nitrogen and oxygen atoms in total. The molecule has 0 spiro atoms. The Morgan fingerprint density at radius 3 is 2.52 bits per heavy atom. The summed E-state index contributed by atoms with van der Waals surface area (Å²) in [6, 6.07) is 23.6. The number of benzene rings is 1. The first-order valence-corrected chi connectivity index (χ1v) is 11.9. The van der Waals surface area contributed by atoms with Crippen molar-refractivity contribution in [1.29, 1.82) is 0 Å². The van der Waals surface area contributed by atoms with E-state index in [0.29, 0.717) is 0 Å². The van der Waals surface area contributed by atoms with Crippen LogP contribution in [-0.4, -0.2) is 15.0 Å². The summed E-state index contributed by atoms with van der Waals surface area (Å²) in [4.78, 5) is 15.2. The summed E-state index contributed by atoms with van der Waals surface area (Å²) in [5, 5.41) is 3.48. The normalized spacial score (nSPS) is 13.0. The number of nitrogens with one attached hydrogen (secondary N) is 2. The molecular weight excluding hydrogens is 406 g/mol.